The van der Waals surface area contributed by atoms with E-state index in [0.717, 1.165) is 150 Å². The molecule has 0 fully saturated rings. The van der Waals surface area contributed by atoms with Gasteiger partial charge in [-0.1, -0.05) is 151 Å². The maximum absolute atomic E-state index is 8.12. The Morgan fingerprint density at radius 3 is 0.961 bits per heavy atom. The van der Waals surface area contributed by atoms with Crippen molar-refractivity contribution < 1.29 is 95.3 Å². The van der Waals surface area contributed by atoms with Gasteiger partial charge < -0.3 is 47.4 Å². The number of benzene rings is 10. The van der Waals surface area contributed by atoms with Crippen molar-refractivity contribution in [2.45, 2.75) is 67.7 Å². The molecule has 0 N–H and O–H groups in total. The molecule has 0 saturated heterocycles. The quantitative estimate of drug-likeness (QED) is 0.0513. The number of hydrogen-bond donors (Lipinski definition) is 0. The molecule has 0 aliphatic rings. The van der Waals surface area contributed by atoms with Crippen molar-refractivity contribution in [2.24, 2.45) is 0 Å². The Hall–Kier alpha value is -14.2. The van der Waals surface area contributed by atoms with Gasteiger partial charge in [-0.2, -0.15) is 47.9 Å². The molecule has 0 unspecified atom stereocenters. The molecular formula is C95H83Cl2N5O20S5. The number of ether oxygens (including phenoxy) is 10. The van der Waals surface area contributed by atoms with Crippen LogP contribution in [0, 0.1) is 34.6 Å². The van der Waals surface area contributed by atoms with Gasteiger partial charge in [-0.05, 0) is 160 Å². The standard InChI is InChI=1S/2C19H19NO2S.C18H17NO2S.2C17H14ClNO2S.5CO2/c1-13-6-4-5-7-16(13)17-12-23-19(20-17)11-22-15-8-9-18(21-3)14(2)10-15;1-13-11-16(9-10-17(13)21-3)22-12-18-20-19(14(2)23-18)15-7-5-4-6-8-15;1-13-10-15(8-9-17(13)20-2)21-11-18-19-16(12-22-18)14-6-4-3-5-7-14;1-20-12-5-4-6-13(9-12)21-10-17-19-16(11-22-17)14-7-2-3-8-15(14)18;1-20-12-6-8-13(9-7-12)21-10-17-19-16(11-22-17)14-4-2-3-5-15(14)18;5*2-1-3/h4-10,12H,11H2,1-3H3;4-11H,12H2,1-3H3;3-10,12H,11H2,1-2H3;2*2-9,11H,10H2,1H3;;;;;. The van der Waals surface area contributed by atoms with Crippen molar-refractivity contribution in [3.05, 3.63) is 320 Å². The fourth-order valence-electron chi connectivity index (χ4n) is 11.1. The predicted molar refractivity (Wildman–Crippen MR) is 483 cm³/mol. The summed E-state index contributed by atoms with van der Waals surface area (Å²) in [6.07, 6.45) is 1.25. The van der Waals surface area contributed by atoms with Crippen LogP contribution in [0.4, 0.5) is 0 Å². The van der Waals surface area contributed by atoms with Crippen LogP contribution in [0.2, 0.25) is 10.0 Å². The van der Waals surface area contributed by atoms with E-state index in [2.05, 4.69) is 80.9 Å². The van der Waals surface area contributed by atoms with Crippen molar-refractivity contribution in [3.8, 4) is 114 Å². The van der Waals surface area contributed by atoms with E-state index >= 15 is 0 Å². The van der Waals surface area contributed by atoms with E-state index in [-0.39, 0.29) is 30.8 Å². The first-order chi connectivity index (χ1) is 61.7. The van der Waals surface area contributed by atoms with E-state index in [0.29, 0.717) is 43.1 Å². The van der Waals surface area contributed by atoms with Gasteiger partial charge in [0, 0.05) is 70.3 Å². The molecule has 15 aromatic rings. The smallest absolute Gasteiger partial charge is 0.373 e. The summed E-state index contributed by atoms with van der Waals surface area (Å²) in [5.41, 5.74) is 14.5. The van der Waals surface area contributed by atoms with Gasteiger partial charge in [0.2, 0.25) is 0 Å². The summed E-state index contributed by atoms with van der Waals surface area (Å²) in [4.78, 5) is 106. The molecule has 0 radical (unpaired) electrons. The highest BCUT2D eigenvalue weighted by molar-refractivity contribution is 7.12. The van der Waals surface area contributed by atoms with E-state index in [1.54, 1.807) is 92.2 Å². The molecular weight excluding hydrogens is 1760 g/mol. The topological polar surface area (TPSA) is 327 Å². The normalized spacial score (nSPS) is 9.57. The molecule has 0 spiro atoms. The van der Waals surface area contributed by atoms with Gasteiger partial charge >= 0.3 is 30.8 Å². The van der Waals surface area contributed by atoms with Crippen LogP contribution in [0.1, 0.15) is 52.2 Å². The second-order valence-corrected chi connectivity index (χ2v) is 31.0. The third kappa shape index (κ3) is 34.8. The highest BCUT2D eigenvalue weighted by Crippen LogP contribution is 2.35. The number of nitrogens with zero attached hydrogens (tertiary/aromatic N) is 5. The second-order valence-electron chi connectivity index (χ2n) is 25.1. The molecule has 0 aliphatic heterocycles. The first kappa shape index (κ1) is 102. The number of hydrogen-bond acceptors (Lipinski definition) is 30. The zero-order valence-corrected chi connectivity index (χ0v) is 75.7. The number of thiazole rings is 5. The summed E-state index contributed by atoms with van der Waals surface area (Å²) in [6, 6.07) is 76.5. The molecule has 5 aromatic heterocycles. The molecule has 652 valence electrons. The maximum atomic E-state index is 8.12. The third-order valence-electron chi connectivity index (χ3n) is 16.9. The van der Waals surface area contributed by atoms with Gasteiger partial charge in [0.25, 0.3) is 0 Å². The molecule has 0 bridgehead atoms. The summed E-state index contributed by atoms with van der Waals surface area (Å²) in [5.74, 6) is 8.22. The van der Waals surface area contributed by atoms with Gasteiger partial charge in [0.1, 0.15) is 116 Å². The second kappa shape index (κ2) is 57.3. The van der Waals surface area contributed by atoms with Gasteiger partial charge in [-0.3, -0.25) is 0 Å². The number of aromatic nitrogens is 5. The van der Waals surface area contributed by atoms with Gasteiger partial charge in [0.05, 0.1) is 64.0 Å². The van der Waals surface area contributed by atoms with E-state index in [1.807, 2.05) is 232 Å². The van der Waals surface area contributed by atoms with E-state index in [4.69, 9.17) is 123 Å². The van der Waals surface area contributed by atoms with Crippen LogP contribution in [-0.2, 0) is 81.0 Å². The molecule has 0 saturated carbocycles. The SMILES string of the molecule is COc1ccc(OCc2nc(-c3ccccc3)c(C)s2)cc1C.COc1ccc(OCc2nc(-c3ccccc3)cs2)cc1C.COc1ccc(OCc2nc(-c3ccccc3C)cs2)cc1C.COc1ccc(OCc2nc(-c3ccccc3Cl)cs2)cc1.COc1cccc(OCc2nc(-c3ccccc3Cl)cs2)c1.O=C=O.O=C=O.O=C=O.O=C=O.O=C=O. The van der Waals surface area contributed by atoms with E-state index < -0.39 is 0 Å². The lowest BCUT2D eigenvalue weighted by Crippen LogP contribution is -1.96. The van der Waals surface area contributed by atoms with Crippen molar-refractivity contribution >= 4 is 111 Å². The van der Waals surface area contributed by atoms with Gasteiger partial charge in [-0.25, -0.2) is 24.9 Å². The molecule has 0 atom stereocenters. The first-order valence-corrected chi connectivity index (χ1v) is 42.5. The number of halogens is 2. The zero-order valence-electron chi connectivity index (χ0n) is 70.1. The number of carbonyl (C=O) groups excluding carboxylic acids is 10. The average molecular weight is 1850 g/mol. The molecule has 0 aliphatic carbocycles. The largest absolute Gasteiger partial charge is 0.497 e. The monoisotopic (exact) mass is 1840 g/mol. The number of methoxy groups -OCH3 is 5. The number of rotatable bonds is 25. The van der Waals surface area contributed by atoms with Crippen LogP contribution in [0.5, 0.6) is 57.5 Å². The minimum atomic E-state index is 0.250. The van der Waals surface area contributed by atoms with Crippen molar-refractivity contribution in [1.29, 1.82) is 0 Å². The Labute approximate surface area is 762 Å². The Morgan fingerprint density at radius 2 is 0.583 bits per heavy atom. The number of aryl methyl sites for hydroxylation is 5. The zero-order chi connectivity index (χ0) is 92.1. The highest BCUT2D eigenvalue weighted by Gasteiger charge is 2.15. The van der Waals surface area contributed by atoms with E-state index in [9.17, 15) is 0 Å². The summed E-state index contributed by atoms with van der Waals surface area (Å²) < 4.78 is 55.1. The van der Waals surface area contributed by atoms with Crippen LogP contribution in [-0.4, -0.2) is 91.2 Å². The Bertz CT molecular complexity index is 5950. The molecule has 0 amide bonds. The molecule has 15 rings (SSSR count). The minimum absolute atomic E-state index is 0.250. The molecule has 25 nitrogen and oxygen atoms in total. The van der Waals surface area contributed by atoms with E-state index in [1.165, 1.54) is 16.0 Å². The van der Waals surface area contributed by atoms with Crippen LogP contribution < -0.4 is 47.4 Å². The van der Waals surface area contributed by atoms with Gasteiger partial charge in [0.15, 0.2) is 0 Å². The summed E-state index contributed by atoms with van der Waals surface area (Å²) in [7, 11) is 8.29. The average Bonchev–Trinajstić information content (AvgIpc) is 1.71. The Balaban J connectivity index is 0.000000235. The highest BCUT2D eigenvalue weighted by atomic mass is 35.5. The Morgan fingerprint density at radius 1 is 0.276 bits per heavy atom. The molecule has 32 heteroatoms. The third-order valence-corrected chi connectivity index (χ3v) is 21.8. The predicted octanol–water partition coefficient (Wildman–Crippen LogP) is 21.9. The maximum Gasteiger partial charge on any atom is 0.373 e. The van der Waals surface area contributed by atoms with Crippen LogP contribution in [0.15, 0.2) is 258 Å². The van der Waals surface area contributed by atoms with Crippen molar-refractivity contribution in [1.82, 2.24) is 24.9 Å². The lowest BCUT2D eigenvalue weighted by molar-refractivity contribution is -0.193. The Kier molecular flexibility index (Phi) is 45.9. The minimum Gasteiger partial charge on any atom is -0.497 e. The van der Waals surface area contributed by atoms with Crippen LogP contribution >= 0.6 is 79.9 Å². The lowest BCUT2D eigenvalue weighted by Gasteiger charge is -2.08. The summed E-state index contributed by atoms with van der Waals surface area (Å²) in [5, 5.41) is 14.3. The summed E-state index contributed by atoms with van der Waals surface area (Å²) >= 11 is 20.4. The van der Waals surface area contributed by atoms with Crippen molar-refractivity contribution in [2.75, 3.05) is 35.5 Å². The van der Waals surface area contributed by atoms with Crippen LogP contribution in [0.25, 0.3) is 56.3 Å². The first-order valence-electron chi connectivity index (χ1n) is 37.4. The van der Waals surface area contributed by atoms with Gasteiger partial charge in [-0.15, -0.1) is 56.7 Å². The molecule has 10 aromatic carbocycles. The van der Waals surface area contributed by atoms with Crippen LogP contribution in [0.3, 0.4) is 0 Å². The van der Waals surface area contributed by atoms with Crippen molar-refractivity contribution in [3.63, 3.8) is 0 Å². The fraction of sp³-hybridized carbons (Fsp3) is 0.158. The fourth-order valence-corrected chi connectivity index (χ4v) is 15.3. The molecule has 5 heterocycles. The molecule has 127 heavy (non-hydrogen) atoms. The lowest BCUT2D eigenvalue weighted by atomic mass is 10.1. The summed E-state index contributed by atoms with van der Waals surface area (Å²) in [6.45, 7) is 12.5.